The van der Waals surface area contributed by atoms with Crippen molar-refractivity contribution in [3.8, 4) is 0 Å². The van der Waals surface area contributed by atoms with E-state index >= 15 is 0 Å². The summed E-state index contributed by atoms with van der Waals surface area (Å²) < 4.78 is 59.1. The minimum absolute atomic E-state index is 0.138. The van der Waals surface area contributed by atoms with Gasteiger partial charge in [-0.05, 0) is 67.4 Å². The number of morpholine rings is 1. The molecule has 10 heteroatoms. The second-order valence-electron chi connectivity index (χ2n) is 9.93. The molecule has 0 aromatic heterocycles. The van der Waals surface area contributed by atoms with E-state index in [0.717, 1.165) is 56.7 Å². The Morgan fingerprint density at radius 3 is 2.51 bits per heavy atom. The Hall–Kier alpha value is -2.85. The smallest absolute Gasteiger partial charge is 0.379 e. The van der Waals surface area contributed by atoms with E-state index in [1.54, 1.807) is 12.1 Å². The van der Waals surface area contributed by atoms with Gasteiger partial charge in [0.15, 0.2) is 0 Å². The maximum absolute atomic E-state index is 13.5. The van der Waals surface area contributed by atoms with E-state index in [-0.39, 0.29) is 24.2 Å². The van der Waals surface area contributed by atoms with Crippen LogP contribution in [0.3, 0.4) is 0 Å². The first-order chi connectivity index (χ1) is 17.8. The lowest BCUT2D eigenvalue weighted by atomic mass is 9.82. The highest BCUT2D eigenvalue weighted by Gasteiger charge is 2.42. The molecule has 37 heavy (non-hydrogen) atoms. The summed E-state index contributed by atoms with van der Waals surface area (Å²) in [6.45, 7) is 6.27. The van der Waals surface area contributed by atoms with Gasteiger partial charge >= 0.3 is 6.18 Å². The zero-order chi connectivity index (χ0) is 26.0. The molecular weight excluding hydrogens is 488 g/mol. The molecule has 3 aliphatic rings. The number of benzene rings is 2. The van der Waals surface area contributed by atoms with E-state index in [0.29, 0.717) is 31.7 Å². The molecule has 5 rings (SSSR count). The van der Waals surface area contributed by atoms with Gasteiger partial charge in [0.2, 0.25) is 5.91 Å². The molecule has 1 amide bonds. The fourth-order valence-corrected chi connectivity index (χ4v) is 5.66. The molecule has 3 heterocycles. The Morgan fingerprint density at radius 2 is 1.78 bits per heavy atom. The lowest BCUT2D eigenvalue weighted by molar-refractivity contribution is -0.137. The van der Waals surface area contributed by atoms with Gasteiger partial charge in [0.1, 0.15) is 5.82 Å². The summed E-state index contributed by atoms with van der Waals surface area (Å²) in [6, 6.07) is 9.91. The molecule has 2 unspecified atom stereocenters. The number of piperazine rings is 1. The highest BCUT2D eigenvalue weighted by molar-refractivity contribution is 5.82. The molecule has 0 bridgehead atoms. The van der Waals surface area contributed by atoms with Gasteiger partial charge < -0.3 is 19.9 Å². The van der Waals surface area contributed by atoms with Gasteiger partial charge in [0, 0.05) is 50.6 Å². The molecule has 200 valence electrons. The molecule has 2 aromatic rings. The number of nitrogens with zero attached hydrogens (tertiary/aromatic N) is 3. The number of hydrogen-bond donors (Lipinski definition) is 1. The Kier molecular flexibility index (Phi) is 7.57. The normalized spacial score (nSPS) is 22.4. The number of carbonyl (C=O) groups is 1. The van der Waals surface area contributed by atoms with E-state index in [1.165, 1.54) is 24.3 Å². The number of rotatable bonds is 6. The summed E-state index contributed by atoms with van der Waals surface area (Å²) in [6.07, 6.45) is -3.40. The summed E-state index contributed by atoms with van der Waals surface area (Å²) in [5.41, 5.74) is 1.48. The Morgan fingerprint density at radius 1 is 1.03 bits per heavy atom. The quantitative estimate of drug-likeness (QED) is 0.467. The highest BCUT2D eigenvalue weighted by Crippen LogP contribution is 2.40. The second-order valence-corrected chi connectivity index (χ2v) is 9.93. The van der Waals surface area contributed by atoms with Crippen molar-refractivity contribution in [2.24, 2.45) is 5.92 Å². The van der Waals surface area contributed by atoms with Crippen LogP contribution in [0.5, 0.6) is 0 Å². The van der Waals surface area contributed by atoms with Crippen LogP contribution < -0.4 is 15.1 Å². The molecule has 3 aliphatic heterocycles. The Labute approximate surface area is 214 Å². The van der Waals surface area contributed by atoms with Crippen LogP contribution in [-0.4, -0.2) is 75.9 Å². The van der Waals surface area contributed by atoms with Crippen LogP contribution in [0, 0.1) is 11.7 Å². The van der Waals surface area contributed by atoms with Gasteiger partial charge in [0.25, 0.3) is 0 Å². The monoisotopic (exact) mass is 520 g/mol. The van der Waals surface area contributed by atoms with Gasteiger partial charge in [0.05, 0.1) is 30.7 Å². The number of hydrogen-bond acceptors (Lipinski definition) is 5. The van der Waals surface area contributed by atoms with Crippen LogP contribution in [0.2, 0.25) is 0 Å². The first-order valence-electron chi connectivity index (χ1n) is 12.8. The van der Waals surface area contributed by atoms with Crippen molar-refractivity contribution in [3.05, 3.63) is 59.4 Å². The van der Waals surface area contributed by atoms with E-state index in [9.17, 15) is 22.4 Å². The van der Waals surface area contributed by atoms with E-state index in [2.05, 4.69) is 20.0 Å². The number of nitrogens with one attached hydrogen (secondary N) is 1. The molecule has 0 radical (unpaired) electrons. The number of alkyl halides is 3. The molecule has 2 atom stereocenters. The third kappa shape index (κ3) is 5.85. The number of carbonyl (C=O) groups excluding carboxylic acids is 1. The second kappa shape index (κ2) is 10.9. The number of fused-ring (bicyclic) bond motifs is 3. The fraction of sp³-hybridized carbons (Fsp3) is 0.519. The first kappa shape index (κ1) is 25.8. The largest absolute Gasteiger partial charge is 0.416 e. The summed E-state index contributed by atoms with van der Waals surface area (Å²) in [5.74, 6) is -0.951. The molecule has 2 saturated heterocycles. The van der Waals surface area contributed by atoms with Crippen molar-refractivity contribution in [2.75, 3.05) is 68.8 Å². The van der Waals surface area contributed by atoms with Crippen LogP contribution in [0.4, 0.5) is 28.9 Å². The molecule has 2 fully saturated rings. The average Bonchev–Trinajstić information content (AvgIpc) is 2.90. The topological polar surface area (TPSA) is 48.1 Å². The number of halogens is 4. The number of amides is 1. The summed E-state index contributed by atoms with van der Waals surface area (Å²) in [5, 5.41) is 3.05. The molecule has 6 nitrogen and oxygen atoms in total. The lowest BCUT2D eigenvalue weighted by Gasteiger charge is -2.49. The Balaban J connectivity index is 1.33. The molecule has 2 aromatic carbocycles. The van der Waals surface area contributed by atoms with Crippen LogP contribution >= 0.6 is 0 Å². The van der Waals surface area contributed by atoms with Gasteiger partial charge in [-0.15, -0.1) is 0 Å². The summed E-state index contributed by atoms with van der Waals surface area (Å²) >= 11 is 0. The molecule has 0 spiro atoms. The van der Waals surface area contributed by atoms with Crippen molar-refractivity contribution in [3.63, 3.8) is 0 Å². The zero-order valence-corrected chi connectivity index (χ0v) is 20.6. The number of ether oxygens (including phenoxy) is 1. The fourth-order valence-electron chi connectivity index (χ4n) is 5.66. The minimum Gasteiger partial charge on any atom is -0.379 e. The number of anilines is 2. The lowest BCUT2D eigenvalue weighted by Crippen LogP contribution is -2.61. The molecule has 0 saturated carbocycles. The van der Waals surface area contributed by atoms with Gasteiger partial charge in [-0.3, -0.25) is 9.69 Å². The van der Waals surface area contributed by atoms with Gasteiger partial charge in [-0.1, -0.05) is 0 Å². The average molecular weight is 521 g/mol. The van der Waals surface area contributed by atoms with E-state index < -0.39 is 17.7 Å². The molecular formula is C27H32F4N4O2. The Bertz CT molecular complexity index is 1090. The standard InChI is InChI=1S/C27H32F4N4O2/c28-21-3-5-22(6-4-21)34-10-11-35-24-7-2-20(27(29,30)31)16-19(24)17-23(25(35)18-34)26(36)32-8-1-9-33-12-14-37-15-13-33/h2-7,16,23,25H,1,8-15,17-18H2,(H,32,36). The van der Waals surface area contributed by atoms with Crippen LogP contribution in [0.25, 0.3) is 0 Å². The summed E-state index contributed by atoms with van der Waals surface area (Å²) in [4.78, 5) is 19.9. The summed E-state index contributed by atoms with van der Waals surface area (Å²) in [7, 11) is 0. The maximum Gasteiger partial charge on any atom is 0.416 e. The third-order valence-electron chi connectivity index (χ3n) is 7.62. The maximum atomic E-state index is 13.5. The van der Waals surface area contributed by atoms with Crippen molar-refractivity contribution in [1.82, 2.24) is 10.2 Å². The predicted molar refractivity (Wildman–Crippen MR) is 133 cm³/mol. The first-order valence-corrected chi connectivity index (χ1v) is 12.8. The highest BCUT2D eigenvalue weighted by atomic mass is 19.4. The van der Waals surface area contributed by atoms with Crippen LogP contribution in [0.15, 0.2) is 42.5 Å². The van der Waals surface area contributed by atoms with Crippen LogP contribution in [-0.2, 0) is 22.1 Å². The van der Waals surface area contributed by atoms with Crippen molar-refractivity contribution in [2.45, 2.75) is 25.1 Å². The SMILES string of the molecule is O=C(NCCCN1CCOCC1)C1Cc2cc(C(F)(F)F)ccc2N2CCN(c3ccc(F)cc3)CC12. The van der Waals surface area contributed by atoms with Crippen molar-refractivity contribution in [1.29, 1.82) is 0 Å². The molecule has 1 N–H and O–H groups in total. The zero-order valence-electron chi connectivity index (χ0n) is 20.6. The van der Waals surface area contributed by atoms with E-state index in [1.807, 2.05) is 0 Å². The van der Waals surface area contributed by atoms with Gasteiger partial charge in [-0.2, -0.15) is 13.2 Å². The third-order valence-corrected chi connectivity index (χ3v) is 7.62. The minimum atomic E-state index is -4.44. The molecule has 0 aliphatic carbocycles. The predicted octanol–water partition coefficient (Wildman–Crippen LogP) is 3.55. The van der Waals surface area contributed by atoms with Crippen molar-refractivity contribution < 1.29 is 27.1 Å². The van der Waals surface area contributed by atoms with E-state index in [4.69, 9.17) is 4.74 Å². The van der Waals surface area contributed by atoms with Gasteiger partial charge in [-0.25, -0.2) is 4.39 Å². The van der Waals surface area contributed by atoms with Crippen molar-refractivity contribution >= 4 is 17.3 Å². The van der Waals surface area contributed by atoms with Crippen LogP contribution in [0.1, 0.15) is 17.5 Å².